The van der Waals surface area contributed by atoms with Gasteiger partial charge in [0.25, 0.3) is 0 Å². The zero-order chi connectivity index (χ0) is 15.0. The van der Waals surface area contributed by atoms with E-state index >= 15 is 0 Å². The first-order valence-corrected chi connectivity index (χ1v) is 8.02. The van der Waals surface area contributed by atoms with Crippen LogP contribution in [0.25, 0.3) is 10.4 Å². The quantitative estimate of drug-likeness (QED) is 0.608. The second-order valence-corrected chi connectivity index (χ2v) is 5.51. The van der Waals surface area contributed by atoms with Crippen LogP contribution in [0.5, 0.6) is 5.75 Å². The standard InChI is InChI=1S/C15H17FOS.C2H6/c1-3-4-10-17-13-7-5-6-12(16)15(13)14-9-8-11(2)18-14;1-2/h5-9H,3-4,10H2,1-2H3;1-2H3. The molecule has 0 saturated heterocycles. The van der Waals surface area contributed by atoms with E-state index in [2.05, 4.69) is 6.92 Å². The fraction of sp³-hybridized carbons (Fsp3) is 0.412. The van der Waals surface area contributed by atoms with Gasteiger partial charge in [-0.15, -0.1) is 11.3 Å². The molecule has 0 aliphatic heterocycles. The van der Waals surface area contributed by atoms with E-state index in [0.29, 0.717) is 17.9 Å². The van der Waals surface area contributed by atoms with Crippen LogP contribution in [0, 0.1) is 12.7 Å². The molecule has 0 spiro atoms. The minimum absolute atomic E-state index is 0.217. The molecule has 0 aliphatic rings. The smallest absolute Gasteiger partial charge is 0.135 e. The molecule has 1 nitrogen and oxygen atoms in total. The molecule has 1 aromatic heterocycles. The number of rotatable bonds is 5. The Labute approximate surface area is 125 Å². The third-order valence-electron chi connectivity index (χ3n) is 2.72. The van der Waals surface area contributed by atoms with Crippen molar-refractivity contribution in [2.75, 3.05) is 6.61 Å². The highest BCUT2D eigenvalue weighted by Gasteiger charge is 2.13. The fourth-order valence-corrected chi connectivity index (χ4v) is 2.68. The summed E-state index contributed by atoms with van der Waals surface area (Å²) in [7, 11) is 0. The molecule has 0 N–H and O–H groups in total. The van der Waals surface area contributed by atoms with Crippen molar-refractivity contribution in [2.24, 2.45) is 0 Å². The van der Waals surface area contributed by atoms with Gasteiger partial charge in [-0.1, -0.05) is 33.3 Å². The second kappa shape index (κ2) is 8.75. The van der Waals surface area contributed by atoms with Crippen LogP contribution >= 0.6 is 11.3 Å². The maximum absolute atomic E-state index is 14.0. The number of unbranched alkanes of at least 4 members (excludes halogenated alkanes) is 1. The van der Waals surface area contributed by atoms with Crippen LogP contribution in [-0.4, -0.2) is 6.61 Å². The van der Waals surface area contributed by atoms with E-state index in [1.807, 2.05) is 39.0 Å². The molecule has 1 heterocycles. The van der Waals surface area contributed by atoms with Crippen molar-refractivity contribution in [1.82, 2.24) is 0 Å². The first-order valence-electron chi connectivity index (χ1n) is 7.20. The van der Waals surface area contributed by atoms with E-state index in [1.54, 1.807) is 17.4 Å². The van der Waals surface area contributed by atoms with Crippen LogP contribution in [0.1, 0.15) is 38.5 Å². The van der Waals surface area contributed by atoms with Gasteiger partial charge in [0.1, 0.15) is 11.6 Å². The van der Waals surface area contributed by atoms with Crippen LogP contribution in [0.15, 0.2) is 30.3 Å². The van der Waals surface area contributed by atoms with Gasteiger partial charge in [-0.25, -0.2) is 4.39 Å². The van der Waals surface area contributed by atoms with Crippen molar-refractivity contribution in [3.63, 3.8) is 0 Å². The summed E-state index contributed by atoms with van der Waals surface area (Å²) < 4.78 is 19.7. The van der Waals surface area contributed by atoms with Crippen molar-refractivity contribution < 1.29 is 9.13 Å². The summed E-state index contributed by atoms with van der Waals surface area (Å²) in [5.74, 6) is 0.427. The Balaban J connectivity index is 0.000000956. The monoisotopic (exact) mass is 294 g/mol. The highest BCUT2D eigenvalue weighted by molar-refractivity contribution is 7.15. The van der Waals surface area contributed by atoms with Crippen molar-refractivity contribution in [2.45, 2.75) is 40.5 Å². The van der Waals surface area contributed by atoms with Gasteiger partial charge in [0.15, 0.2) is 0 Å². The Morgan fingerprint density at radius 3 is 2.50 bits per heavy atom. The minimum Gasteiger partial charge on any atom is -0.493 e. The fourth-order valence-electron chi connectivity index (χ4n) is 1.76. The van der Waals surface area contributed by atoms with Crippen LogP contribution < -0.4 is 4.74 Å². The average molecular weight is 294 g/mol. The summed E-state index contributed by atoms with van der Waals surface area (Å²) in [6.07, 6.45) is 2.06. The summed E-state index contributed by atoms with van der Waals surface area (Å²) in [5.41, 5.74) is 0.590. The highest BCUT2D eigenvalue weighted by atomic mass is 32.1. The van der Waals surface area contributed by atoms with Crippen LogP contribution in [0.2, 0.25) is 0 Å². The molecule has 0 bridgehead atoms. The molecule has 20 heavy (non-hydrogen) atoms. The lowest BCUT2D eigenvalue weighted by atomic mass is 10.1. The molecule has 0 radical (unpaired) electrons. The number of halogens is 1. The molecule has 0 atom stereocenters. The normalized spacial score (nSPS) is 9.85. The lowest BCUT2D eigenvalue weighted by molar-refractivity contribution is 0.309. The predicted molar refractivity (Wildman–Crippen MR) is 86.2 cm³/mol. The number of hydrogen-bond donors (Lipinski definition) is 0. The van der Waals surface area contributed by atoms with Gasteiger partial charge in [0, 0.05) is 9.75 Å². The summed E-state index contributed by atoms with van der Waals surface area (Å²) in [6.45, 7) is 8.77. The van der Waals surface area contributed by atoms with E-state index < -0.39 is 0 Å². The van der Waals surface area contributed by atoms with E-state index in [9.17, 15) is 4.39 Å². The number of thiophene rings is 1. The Morgan fingerprint density at radius 2 is 1.90 bits per heavy atom. The first kappa shape index (κ1) is 16.7. The van der Waals surface area contributed by atoms with Gasteiger partial charge in [0.2, 0.25) is 0 Å². The predicted octanol–water partition coefficient (Wildman–Crippen LogP) is 6.07. The molecule has 1 aromatic carbocycles. The molecule has 0 amide bonds. The molecule has 0 fully saturated rings. The zero-order valence-corrected chi connectivity index (χ0v) is 13.5. The number of benzene rings is 1. The molecule has 2 rings (SSSR count). The summed E-state index contributed by atoms with van der Waals surface area (Å²) >= 11 is 1.59. The van der Waals surface area contributed by atoms with Gasteiger partial charge in [-0.3, -0.25) is 0 Å². The van der Waals surface area contributed by atoms with Crippen molar-refractivity contribution in [3.05, 3.63) is 41.0 Å². The Kier molecular flexibility index (Phi) is 7.31. The lowest BCUT2D eigenvalue weighted by Gasteiger charge is -2.10. The Bertz CT molecular complexity index is 519. The molecule has 0 saturated carbocycles. The maximum atomic E-state index is 14.0. The summed E-state index contributed by atoms with van der Waals surface area (Å²) in [4.78, 5) is 2.10. The number of hydrogen-bond acceptors (Lipinski definition) is 2. The third kappa shape index (κ3) is 4.34. The van der Waals surface area contributed by atoms with Crippen molar-refractivity contribution in [3.8, 4) is 16.2 Å². The van der Waals surface area contributed by atoms with Crippen LogP contribution in [-0.2, 0) is 0 Å². The lowest BCUT2D eigenvalue weighted by Crippen LogP contribution is -1.98. The molecule has 0 unspecified atom stereocenters. The van der Waals surface area contributed by atoms with E-state index in [4.69, 9.17) is 4.74 Å². The third-order valence-corrected chi connectivity index (χ3v) is 3.74. The van der Waals surface area contributed by atoms with Gasteiger partial charge in [-0.2, -0.15) is 0 Å². The molecular formula is C17H23FOS. The van der Waals surface area contributed by atoms with Crippen molar-refractivity contribution >= 4 is 11.3 Å². The molecular weight excluding hydrogens is 271 g/mol. The molecule has 2 aromatic rings. The maximum Gasteiger partial charge on any atom is 0.135 e. The van der Waals surface area contributed by atoms with Crippen LogP contribution in [0.4, 0.5) is 4.39 Å². The highest BCUT2D eigenvalue weighted by Crippen LogP contribution is 2.36. The largest absolute Gasteiger partial charge is 0.493 e. The van der Waals surface area contributed by atoms with E-state index in [-0.39, 0.29) is 5.82 Å². The Morgan fingerprint density at radius 1 is 1.15 bits per heavy atom. The Hall–Kier alpha value is -1.35. The number of aryl methyl sites for hydroxylation is 1. The minimum atomic E-state index is -0.217. The van der Waals surface area contributed by atoms with Gasteiger partial charge in [-0.05, 0) is 37.6 Å². The van der Waals surface area contributed by atoms with Crippen molar-refractivity contribution in [1.29, 1.82) is 0 Å². The zero-order valence-electron chi connectivity index (χ0n) is 12.7. The molecule has 0 aliphatic carbocycles. The summed E-state index contributed by atoms with van der Waals surface area (Å²) in [6, 6.07) is 8.97. The van der Waals surface area contributed by atoms with E-state index in [0.717, 1.165) is 17.7 Å². The second-order valence-electron chi connectivity index (χ2n) is 4.23. The van der Waals surface area contributed by atoms with E-state index in [1.165, 1.54) is 10.9 Å². The van der Waals surface area contributed by atoms with Gasteiger partial charge in [0.05, 0.1) is 12.2 Å². The number of ether oxygens (including phenoxy) is 1. The summed E-state index contributed by atoms with van der Waals surface area (Å²) in [5, 5.41) is 0. The average Bonchev–Trinajstić information content (AvgIpc) is 2.88. The first-order chi connectivity index (χ1) is 9.72. The topological polar surface area (TPSA) is 9.23 Å². The van der Waals surface area contributed by atoms with Gasteiger partial charge < -0.3 is 4.74 Å². The van der Waals surface area contributed by atoms with Gasteiger partial charge >= 0.3 is 0 Å². The molecule has 110 valence electrons. The molecule has 3 heteroatoms. The van der Waals surface area contributed by atoms with Crippen LogP contribution in [0.3, 0.4) is 0 Å². The SMILES string of the molecule is CC.CCCCOc1cccc(F)c1-c1ccc(C)s1.